The molecule has 26 heavy (non-hydrogen) atoms. The number of nitrogens with zero attached hydrogens (tertiary/aromatic N) is 3. The number of hydrogen-bond donors (Lipinski definition) is 0. The maximum Gasteiger partial charge on any atom is 0.268 e. The SMILES string of the molecule is Cc1ccc(-c2noc(/C(C#N)=C/c3cc(Br)c4c(c3)OCO4)n2)cc1. The Balaban J connectivity index is 1.68. The van der Waals surface area contributed by atoms with Gasteiger partial charge in [0.1, 0.15) is 11.6 Å². The maximum atomic E-state index is 9.51. The average Bonchev–Trinajstić information content (AvgIpc) is 3.30. The molecule has 0 saturated heterocycles. The summed E-state index contributed by atoms with van der Waals surface area (Å²) >= 11 is 3.44. The van der Waals surface area contributed by atoms with E-state index in [1.165, 1.54) is 0 Å². The first-order valence-corrected chi connectivity index (χ1v) is 8.55. The topological polar surface area (TPSA) is 81.2 Å². The van der Waals surface area contributed by atoms with Crippen LogP contribution in [-0.2, 0) is 0 Å². The molecule has 4 rings (SSSR count). The summed E-state index contributed by atoms with van der Waals surface area (Å²) < 4.78 is 16.8. The highest BCUT2D eigenvalue weighted by molar-refractivity contribution is 9.10. The summed E-state index contributed by atoms with van der Waals surface area (Å²) in [5, 5.41) is 13.5. The van der Waals surface area contributed by atoms with Crippen LogP contribution in [0.15, 0.2) is 45.4 Å². The fourth-order valence-electron chi connectivity index (χ4n) is 2.53. The van der Waals surface area contributed by atoms with Gasteiger partial charge in [0.15, 0.2) is 11.5 Å². The molecule has 2 aromatic carbocycles. The Labute approximate surface area is 157 Å². The van der Waals surface area contributed by atoms with Crippen molar-refractivity contribution in [2.75, 3.05) is 6.79 Å². The summed E-state index contributed by atoms with van der Waals surface area (Å²) in [6.07, 6.45) is 1.67. The molecule has 0 bridgehead atoms. The van der Waals surface area contributed by atoms with E-state index in [0.717, 1.165) is 21.2 Å². The molecule has 1 aromatic heterocycles. The van der Waals surface area contributed by atoms with Gasteiger partial charge in [0.2, 0.25) is 12.6 Å². The first-order chi connectivity index (χ1) is 12.6. The fourth-order valence-corrected chi connectivity index (χ4v) is 3.11. The number of nitriles is 1. The number of aryl methyl sites for hydroxylation is 1. The molecular weight excluding hydrogens is 398 g/mol. The molecule has 0 radical (unpaired) electrons. The molecule has 0 aliphatic carbocycles. The third-order valence-electron chi connectivity index (χ3n) is 3.85. The van der Waals surface area contributed by atoms with Crippen molar-refractivity contribution < 1.29 is 14.0 Å². The van der Waals surface area contributed by atoms with E-state index in [0.29, 0.717) is 17.3 Å². The number of ether oxygens (including phenoxy) is 2. The van der Waals surface area contributed by atoms with Gasteiger partial charge in [-0.15, -0.1) is 0 Å². The molecule has 1 aliphatic heterocycles. The van der Waals surface area contributed by atoms with Crippen molar-refractivity contribution in [1.82, 2.24) is 10.1 Å². The third-order valence-corrected chi connectivity index (χ3v) is 4.44. The molecule has 7 heteroatoms. The van der Waals surface area contributed by atoms with Gasteiger partial charge in [-0.3, -0.25) is 0 Å². The molecule has 0 spiro atoms. The zero-order chi connectivity index (χ0) is 18.1. The van der Waals surface area contributed by atoms with Crippen LogP contribution in [0.4, 0.5) is 0 Å². The summed E-state index contributed by atoms with van der Waals surface area (Å²) in [7, 11) is 0. The Bertz CT molecular complexity index is 1050. The molecule has 0 amide bonds. The first kappa shape index (κ1) is 16.4. The highest BCUT2D eigenvalue weighted by Gasteiger charge is 2.19. The minimum Gasteiger partial charge on any atom is -0.454 e. The Kier molecular flexibility index (Phi) is 4.19. The fraction of sp³-hybridized carbons (Fsp3) is 0.105. The van der Waals surface area contributed by atoms with Gasteiger partial charge in [-0.05, 0) is 46.6 Å². The lowest BCUT2D eigenvalue weighted by molar-refractivity contribution is 0.173. The number of hydrogen-bond acceptors (Lipinski definition) is 6. The van der Waals surface area contributed by atoms with Crippen LogP contribution in [0, 0.1) is 18.3 Å². The highest BCUT2D eigenvalue weighted by atomic mass is 79.9. The second kappa shape index (κ2) is 6.65. The molecule has 3 aromatic rings. The predicted octanol–water partition coefficient (Wildman–Crippen LogP) is 4.60. The molecule has 0 atom stereocenters. The van der Waals surface area contributed by atoms with Crippen molar-refractivity contribution in [3.63, 3.8) is 0 Å². The summed E-state index contributed by atoms with van der Waals surface area (Å²) in [4.78, 5) is 4.34. The van der Waals surface area contributed by atoms with E-state index in [1.807, 2.05) is 37.3 Å². The number of benzene rings is 2. The first-order valence-electron chi connectivity index (χ1n) is 7.76. The second-order valence-electron chi connectivity index (χ2n) is 5.70. The summed E-state index contributed by atoms with van der Waals surface area (Å²) in [6, 6.07) is 13.5. The second-order valence-corrected chi connectivity index (χ2v) is 6.55. The van der Waals surface area contributed by atoms with Gasteiger partial charge in [0.05, 0.1) is 4.47 Å². The van der Waals surface area contributed by atoms with Gasteiger partial charge in [-0.2, -0.15) is 10.2 Å². The van der Waals surface area contributed by atoms with Crippen molar-refractivity contribution in [3.05, 3.63) is 57.9 Å². The predicted molar refractivity (Wildman–Crippen MR) is 98.2 cm³/mol. The molecule has 0 unspecified atom stereocenters. The molecule has 0 fully saturated rings. The lowest BCUT2D eigenvalue weighted by atomic mass is 10.1. The van der Waals surface area contributed by atoms with Crippen LogP contribution >= 0.6 is 15.9 Å². The zero-order valence-corrected chi connectivity index (χ0v) is 15.3. The van der Waals surface area contributed by atoms with Gasteiger partial charge in [0.25, 0.3) is 5.89 Å². The van der Waals surface area contributed by atoms with Crippen molar-refractivity contribution >= 4 is 27.6 Å². The molecule has 0 N–H and O–H groups in total. The summed E-state index contributed by atoms with van der Waals surface area (Å²) in [5.74, 6) is 1.87. The Morgan fingerprint density at radius 1 is 1.23 bits per heavy atom. The van der Waals surface area contributed by atoms with Gasteiger partial charge < -0.3 is 14.0 Å². The Morgan fingerprint density at radius 2 is 2.04 bits per heavy atom. The minimum atomic E-state index is 0.164. The molecule has 6 nitrogen and oxygen atoms in total. The van der Waals surface area contributed by atoms with Crippen molar-refractivity contribution in [3.8, 4) is 29.0 Å². The average molecular weight is 410 g/mol. The van der Waals surface area contributed by atoms with E-state index in [2.05, 4.69) is 32.1 Å². The van der Waals surface area contributed by atoms with Gasteiger partial charge in [-0.1, -0.05) is 35.0 Å². The lowest BCUT2D eigenvalue weighted by Gasteiger charge is -2.01. The van der Waals surface area contributed by atoms with E-state index in [4.69, 9.17) is 14.0 Å². The quantitative estimate of drug-likeness (QED) is 0.587. The van der Waals surface area contributed by atoms with Crippen LogP contribution in [0.2, 0.25) is 0 Å². The molecule has 1 aliphatic rings. The van der Waals surface area contributed by atoms with E-state index < -0.39 is 0 Å². The van der Waals surface area contributed by atoms with Crippen LogP contribution in [0.5, 0.6) is 11.5 Å². The molecule has 0 saturated carbocycles. The van der Waals surface area contributed by atoms with Crippen LogP contribution < -0.4 is 9.47 Å². The number of fused-ring (bicyclic) bond motifs is 1. The van der Waals surface area contributed by atoms with E-state index in [-0.39, 0.29) is 18.3 Å². The maximum absolute atomic E-state index is 9.51. The molecule has 2 heterocycles. The Morgan fingerprint density at radius 3 is 2.81 bits per heavy atom. The molecule has 128 valence electrons. The number of allylic oxidation sites excluding steroid dienone is 1. The number of aromatic nitrogens is 2. The number of halogens is 1. The standard InChI is InChI=1S/C19H12BrN3O3/c1-11-2-4-13(5-3-11)18-22-19(26-23-18)14(9-21)6-12-7-15(20)17-16(8-12)24-10-25-17/h2-8H,10H2,1H3/b14-6+. The minimum absolute atomic E-state index is 0.164. The number of rotatable bonds is 3. The third kappa shape index (κ3) is 3.07. The van der Waals surface area contributed by atoms with Crippen LogP contribution in [-0.4, -0.2) is 16.9 Å². The molecular formula is C19H12BrN3O3. The van der Waals surface area contributed by atoms with Crippen LogP contribution in [0.25, 0.3) is 23.0 Å². The lowest BCUT2D eigenvalue weighted by Crippen LogP contribution is -1.93. The van der Waals surface area contributed by atoms with Crippen LogP contribution in [0.3, 0.4) is 0 Å². The van der Waals surface area contributed by atoms with E-state index >= 15 is 0 Å². The van der Waals surface area contributed by atoms with Gasteiger partial charge in [-0.25, -0.2) is 0 Å². The summed E-state index contributed by atoms with van der Waals surface area (Å²) in [5.41, 5.74) is 2.99. The van der Waals surface area contributed by atoms with Gasteiger partial charge in [0, 0.05) is 5.56 Å². The summed E-state index contributed by atoms with van der Waals surface area (Å²) in [6.45, 7) is 2.18. The van der Waals surface area contributed by atoms with Crippen molar-refractivity contribution in [2.45, 2.75) is 6.92 Å². The highest BCUT2D eigenvalue weighted by Crippen LogP contribution is 2.40. The van der Waals surface area contributed by atoms with Crippen molar-refractivity contribution in [2.24, 2.45) is 0 Å². The van der Waals surface area contributed by atoms with Crippen LogP contribution in [0.1, 0.15) is 17.0 Å². The van der Waals surface area contributed by atoms with Gasteiger partial charge >= 0.3 is 0 Å². The Hall–Kier alpha value is -3.11. The monoisotopic (exact) mass is 409 g/mol. The normalized spacial score (nSPS) is 12.9. The largest absolute Gasteiger partial charge is 0.454 e. The van der Waals surface area contributed by atoms with E-state index in [9.17, 15) is 5.26 Å². The van der Waals surface area contributed by atoms with Crippen molar-refractivity contribution in [1.29, 1.82) is 5.26 Å². The van der Waals surface area contributed by atoms with E-state index in [1.54, 1.807) is 12.1 Å². The smallest absolute Gasteiger partial charge is 0.268 e. The zero-order valence-electron chi connectivity index (χ0n) is 13.7.